The first-order valence-electron chi connectivity index (χ1n) is 8.26. The second-order valence-corrected chi connectivity index (χ2v) is 9.57. The number of aryl methyl sites for hydroxylation is 1. The second kappa shape index (κ2) is 9.63. The average Bonchev–Trinajstić information content (AvgIpc) is 2.88. The van der Waals surface area contributed by atoms with Crippen LogP contribution in [0, 0.1) is 12.8 Å². The minimum atomic E-state index is -4.27. The molecule has 1 aliphatic heterocycles. The first kappa shape index (κ1) is 22.0. The molecular weight excluding hydrogens is 366 g/mol. The Hall–Kier alpha value is -1.00. The monoisotopic (exact) mass is 393 g/mol. The van der Waals surface area contributed by atoms with E-state index in [0.717, 1.165) is 24.3 Å². The highest BCUT2D eigenvalue weighted by atomic mass is 32.2. The van der Waals surface area contributed by atoms with E-state index < -0.39 is 20.2 Å². The number of hydrogen-bond donors (Lipinski definition) is 2. The lowest BCUT2D eigenvalue weighted by Crippen LogP contribution is -3.07. The van der Waals surface area contributed by atoms with Gasteiger partial charge in [0.25, 0.3) is 10.1 Å². The molecule has 2 rings (SSSR count). The molecule has 1 aromatic carbocycles. The Kier molecular flexibility index (Phi) is 8.49. The van der Waals surface area contributed by atoms with Crippen LogP contribution in [0.5, 0.6) is 0 Å². The van der Waals surface area contributed by atoms with Gasteiger partial charge in [-0.2, -0.15) is 8.42 Å². The van der Waals surface area contributed by atoms with Crippen LogP contribution < -0.4 is 4.90 Å². The van der Waals surface area contributed by atoms with E-state index in [-0.39, 0.29) is 10.6 Å². The van der Waals surface area contributed by atoms with Crippen molar-refractivity contribution in [1.82, 2.24) is 0 Å². The molecule has 1 aliphatic rings. The Labute approximate surface area is 150 Å². The molecule has 1 saturated heterocycles. The van der Waals surface area contributed by atoms with Gasteiger partial charge in [0.05, 0.1) is 30.8 Å². The standard InChI is InChI=1S/C9H19NO3S.C7H8O3S/c1-10-6-5-9(8-10)4-2-3-7-14(11,12)13;1-6-2-4-7(5-3-6)11(8,9)10/h9H,2-8H2,1H3,(H,11,12,13);2-5H,1H3,(H,8,9,10). The molecular formula is C16H27NO6S2. The third-order valence-corrected chi connectivity index (χ3v) is 5.84. The van der Waals surface area contributed by atoms with Gasteiger partial charge in [-0.05, 0) is 31.9 Å². The summed E-state index contributed by atoms with van der Waals surface area (Å²) in [6.45, 7) is 4.27. The van der Waals surface area contributed by atoms with Gasteiger partial charge in [-0.25, -0.2) is 8.42 Å². The van der Waals surface area contributed by atoms with Crippen LogP contribution in [0.15, 0.2) is 29.2 Å². The Morgan fingerprint density at radius 2 is 1.76 bits per heavy atom. The number of rotatable bonds is 6. The third-order valence-electron chi connectivity index (χ3n) is 4.19. The number of nitrogens with one attached hydrogen (secondary N) is 1. The van der Waals surface area contributed by atoms with Crippen molar-refractivity contribution < 1.29 is 30.8 Å². The zero-order chi connectivity index (χ0) is 19.1. The van der Waals surface area contributed by atoms with E-state index in [1.165, 1.54) is 31.6 Å². The van der Waals surface area contributed by atoms with Crippen molar-refractivity contribution in [3.05, 3.63) is 29.8 Å². The van der Waals surface area contributed by atoms with Crippen molar-refractivity contribution in [2.75, 3.05) is 25.9 Å². The highest BCUT2D eigenvalue weighted by Crippen LogP contribution is 2.13. The number of quaternary nitrogens is 1. The van der Waals surface area contributed by atoms with Crippen molar-refractivity contribution in [2.45, 2.75) is 37.5 Å². The van der Waals surface area contributed by atoms with E-state index in [2.05, 4.69) is 7.05 Å². The molecule has 25 heavy (non-hydrogen) atoms. The molecule has 0 aliphatic carbocycles. The van der Waals surface area contributed by atoms with E-state index in [9.17, 15) is 21.4 Å². The van der Waals surface area contributed by atoms with Crippen LogP contribution in [-0.4, -0.2) is 51.8 Å². The molecule has 2 N–H and O–H groups in total. The van der Waals surface area contributed by atoms with Gasteiger partial charge >= 0.3 is 0 Å². The zero-order valence-electron chi connectivity index (χ0n) is 14.6. The van der Waals surface area contributed by atoms with Gasteiger partial charge in [-0.3, -0.25) is 4.55 Å². The summed E-state index contributed by atoms with van der Waals surface area (Å²) in [4.78, 5) is 1.40. The fourth-order valence-electron chi connectivity index (χ4n) is 2.82. The Morgan fingerprint density at radius 3 is 2.20 bits per heavy atom. The normalized spacial score (nSPS) is 20.8. The molecule has 2 atom stereocenters. The highest BCUT2D eigenvalue weighted by Gasteiger charge is 2.22. The molecule has 0 saturated carbocycles. The van der Waals surface area contributed by atoms with Gasteiger partial charge in [0.15, 0.2) is 0 Å². The van der Waals surface area contributed by atoms with E-state index in [4.69, 9.17) is 4.55 Å². The van der Waals surface area contributed by atoms with E-state index >= 15 is 0 Å². The van der Waals surface area contributed by atoms with Gasteiger partial charge in [-0.1, -0.05) is 24.1 Å². The zero-order valence-corrected chi connectivity index (χ0v) is 16.3. The van der Waals surface area contributed by atoms with Crippen LogP contribution in [0.2, 0.25) is 0 Å². The minimum Gasteiger partial charge on any atom is -0.744 e. The van der Waals surface area contributed by atoms with Crippen LogP contribution in [-0.2, 0) is 20.2 Å². The summed E-state index contributed by atoms with van der Waals surface area (Å²) < 4.78 is 60.5. The van der Waals surface area contributed by atoms with Gasteiger partial charge in [0, 0.05) is 12.3 Å². The van der Waals surface area contributed by atoms with Crippen LogP contribution >= 0.6 is 0 Å². The summed E-state index contributed by atoms with van der Waals surface area (Å²) in [5.41, 5.74) is 0.928. The molecule has 2 unspecified atom stereocenters. The van der Waals surface area contributed by atoms with E-state index in [0.29, 0.717) is 6.42 Å². The maximum Gasteiger partial charge on any atom is 0.264 e. The molecule has 1 aromatic rings. The van der Waals surface area contributed by atoms with Crippen LogP contribution in [0.1, 0.15) is 31.2 Å². The van der Waals surface area contributed by atoms with E-state index in [1.54, 1.807) is 17.0 Å². The molecule has 1 heterocycles. The number of hydrogen-bond acceptors (Lipinski definition) is 5. The SMILES string of the molecule is C[NH+]1CCC(CCCCS(=O)(=O)O)C1.Cc1ccc(S(=O)(=O)[O-])cc1. The Balaban J connectivity index is 0.000000257. The lowest BCUT2D eigenvalue weighted by atomic mass is 10.0. The van der Waals surface area contributed by atoms with Gasteiger partial charge in [0.1, 0.15) is 10.1 Å². The lowest BCUT2D eigenvalue weighted by molar-refractivity contribution is -0.867. The van der Waals surface area contributed by atoms with Crippen LogP contribution in [0.3, 0.4) is 0 Å². The lowest BCUT2D eigenvalue weighted by Gasteiger charge is -2.06. The van der Waals surface area contributed by atoms with Crippen molar-refractivity contribution in [3.8, 4) is 0 Å². The summed E-state index contributed by atoms with van der Waals surface area (Å²) in [5, 5.41) is 0. The second-order valence-electron chi connectivity index (χ2n) is 6.61. The molecule has 0 aromatic heterocycles. The van der Waals surface area contributed by atoms with Crippen LogP contribution in [0.4, 0.5) is 0 Å². The van der Waals surface area contributed by atoms with Gasteiger partial charge in [-0.15, -0.1) is 0 Å². The molecule has 0 amide bonds. The van der Waals surface area contributed by atoms with Crippen molar-refractivity contribution in [2.24, 2.45) is 5.92 Å². The van der Waals surface area contributed by atoms with Crippen LogP contribution in [0.25, 0.3) is 0 Å². The van der Waals surface area contributed by atoms with Gasteiger partial charge < -0.3 is 9.45 Å². The summed E-state index contributed by atoms with van der Waals surface area (Å²) in [7, 11) is -5.81. The Morgan fingerprint density at radius 1 is 1.16 bits per heavy atom. The topological polar surface area (TPSA) is 116 Å². The molecule has 9 heteroatoms. The largest absolute Gasteiger partial charge is 0.744 e. The quantitative estimate of drug-likeness (QED) is 0.536. The average molecular weight is 394 g/mol. The summed E-state index contributed by atoms with van der Waals surface area (Å²) in [6, 6.07) is 5.78. The minimum absolute atomic E-state index is 0.0809. The maximum absolute atomic E-state index is 10.4. The smallest absolute Gasteiger partial charge is 0.264 e. The highest BCUT2D eigenvalue weighted by molar-refractivity contribution is 7.86. The molecule has 144 valence electrons. The maximum atomic E-state index is 10.4. The predicted octanol–water partition coefficient (Wildman–Crippen LogP) is 0.478. The first-order valence-corrected chi connectivity index (χ1v) is 11.3. The number of unbranched alkanes of at least 4 members (excludes halogenated alkanes) is 1. The molecule has 0 radical (unpaired) electrons. The fourth-order valence-corrected chi connectivity index (χ4v) is 3.85. The molecule has 0 spiro atoms. The molecule has 7 nitrogen and oxygen atoms in total. The van der Waals surface area contributed by atoms with Crippen molar-refractivity contribution in [3.63, 3.8) is 0 Å². The van der Waals surface area contributed by atoms with Crippen molar-refractivity contribution in [1.29, 1.82) is 0 Å². The molecule has 0 bridgehead atoms. The number of benzene rings is 1. The summed E-state index contributed by atoms with van der Waals surface area (Å²) >= 11 is 0. The molecule has 1 fully saturated rings. The number of likely N-dealkylation sites (tertiary alicyclic amines) is 1. The third kappa shape index (κ3) is 9.91. The summed E-state index contributed by atoms with van der Waals surface area (Å²) in [6.07, 6.45) is 3.87. The fraction of sp³-hybridized carbons (Fsp3) is 0.625. The summed E-state index contributed by atoms with van der Waals surface area (Å²) in [5.74, 6) is 0.680. The Bertz CT molecular complexity index is 728. The predicted molar refractivity (Wildman–Crippen MR) is 94.1 cm³/mol. The van der Waals surface area contributed by atoms with Crippen molar-refractivity contribution >= 4 is 20.2 Å². The van der Waals surface area contributed by atoms with E-state index in [1.807, 2.05) is 6.92 Å². The first-order chi connectivity index (χ1) is 11.5. The van der Waals surface area contributed by atoms with Gasteiger partial charge in [0.2, 0.25) is 0 Å².